The molecular formula is C15H11F2N3O. The smallest absolute Gasteiger partial charge is 0.257 e. The molecular weight excluding hydrogens is 276 g/mol. The number of hydrogen-bond donors (Lipinski definition) is 2. The first-order chi connectivity index (χ1) is 10.1. The monoisotopic (exact) mass is 287 g/mol. The van der Waals surface area contributed by atoms with Crippen molar-refractivity contribution in [2.45, 2.75) is 0 Å². The van der Waals surface area contributed by atoms with Crippen molar-refractivity contribution in [2.24, 2.45) is 5.73 Å². The second-order valence-corrected chi connectivity index (χ2v) is 4.02. The summed E-state index contributed by atoms with van der Waals surface area (Å²) in [6.07, 6.45) is 2.74. The molecule has 21 heavy (non-hydrogen) atoms. The van der Waals surface area contributed by atoms with E-state index in [4.69, 9.17) is 5.73 Å². The average Bonchev–Trinajstić information content (AvgIpc) is 2.49. The summed E-state index contributed by atoms with van der Waals surface area (Å²) in [6.45, 7) is 0.177. The molecule has 0 saturated carbocycles. The van der Waals surface area contributed by atoms with Crippen LogP contribution < -0.4 is 11.1 Å². The van der Waals surface area contributed by atoms with E-state index in [0.717, 1.165) is 12.1 Å². The van der Waals surface area contributed by atoms with Crippen LogP contribution in [0.5, 0.6) is 0 Å². The molecule has 0 aliphatic carbocycles. The largest absolute Gasteiger partial charge is 0.320 e. The first-order valence-corrected chi connectivity index (χ1v) is 6.01. The van der Waals surface area contributed by atoms with Crippen molar-refractivity contribution in [1.29, 1.82) is 0 Å². The minimum absolute atomic E-state index is 0.140. The second kappa shape index (κ2) is 6.59. The highest BCUT2D eigenvalue weighted by Crippen LogP contribution is 2.18. The van der Waals surface area contributed by atoms with Gasteiger partial charge in [0, 0.05) is 18.0 Å². The van der Waals surface area contributed by atoms with Gasteiger partial charge in [0.1, 0.15) is 17.3 Å². The summed E-state index contributed by atoms with van der Waals surface area (Å²) in [6, 6.07) is 4.79. The molecule has 2 aromatic rings. The molecule has 106 valence electrons. The van der Waals surface area contributed by atoms with Crippen LogP contribution in [0.15, 0.2) is 36.7 Å². The summed E-state index contributed by atoms with van der Waals surface area (Å²) in [5.41, 5.74) is 5.38. The lowest BCUT2D eigenvalue weighted by Crippen LogP contribution is -2.14. The number of amides is 1. The minimum atomic E-state index is -0.851. The number of para-hydroxylation sites is 1. The maximum atomic E-state index is 13.5. The van der Waals surface area contributed by atoms with Crippen molar-refractivity contribution in [2.75, 3.05) is 11.9 Å². The SMILES string of the molecule is NCC#Cc1cncc(C(=O)Nc2c(F)cccc2F)c1. The summed E-state index contributed by atoms with van der Waals surface area (Å²) in [5.74, 6) is 2.96. The van der Waals surface area contributed by atoms with Gasteiger partial charge in [-0.25, -0.2) is 8.78 Å². The van der Waals surface area contributed by atoms with Crippen molar-refractivity contribution in [3.05, 3.63) is 59.4 Å². The molecule has 6 heteroatoms. The van der Waals surface area contributed by atoms with Crippen LogP contribution in [-0.4, -0.2) is 17.4 Å². The zero-order valence-corrected chi connectivity index (χ0v) is 10.9. The number of carbonyl (C=O) groups excluding carboxylic acids is 1. The van der Waals surface area contributed by atoms with E-state index >= 15 is 0 Å². The molecule has 2 rings (SSSR count). The summed E-state index contributed by atoms with van der Waals surface area (Å²) < 4.78 is 26.9. The highest BCUT2D eigenvalue weighted by molar-refractivity contribution is 6.04. The molecule has 0 bridgehead atoms. The molecule has 1 heterocycles. The van der Waals surface area contributed by atoms with Crippen LogP contribution in [0.2, 0.25) is 0 Å². The Hall–Kier alpha value is -2.78. The fourth-order valence-corrected chi connectivity index (χ4v) is 1.59. The zero-order valence-electron chi connectivity index (χ0n) is 10.9. The Morgan fingerprint density at radius 1 is 1.29 bits per heavy atom. The van der Waals surface area contributed by atoms with Crippen molar-refractivity contribution in [3.63, 3.8) is 0 Å². The van der Waals surface area contributed by atoms with Crippen LogP contribution >= 0.6 is 0 Å². The Balaban J connectivity index is 2.25. The standard InChI is InChI=1S/C15H11F2N3O/c16-12-4-1-5-13(17)14(12)20-15(21)11-7-10(3-2-6-18)8-19-9-11/h1,4-5,7-9H,6,18H2,(H,20,21). The number of nitrogens with two attached hydrogens (primary N) is 1. The van der Waals surface area contributed by atoms with Gasteiger partial charge in [0.2, 0.25) is 0 Å². The Kier molecular flexibility index (Phi) is 4.59. The molecule has 0 atom stereocenters. The van der Waals surface area contributed by atoms with Crippen molar-refractivity contribution in [3.8, 4) is 11.8 Å². The first kappa shape index (κ1) is 14.6. The highest BCUT2D eigenvalue weighted by atomic mass is 19.1. The van der Waals surface area contributed by atoms with Crippen molar-refractivity contribution in [1.82, 2.24) is 4.98 Å². The van der Waals surface area contributed by atoms with E-state index < -0.39 is 23.2 Å². The molecule has 1 aromatic heterocycles. The van der Waals surface area contributed by atoms with Gasteiger partial charge in [-0.1, -0.05) is 17.9 Å². The highest BCUT2D eigenvalue weighted by Gasteiger charge is 2.13. The lowest BCUT2D eigenvalue weighted by molar-refractivity contribution is 0.102. The third-order valence-electron chi connectivity index (χ3n) is 2.54. The first-order valence-electron chi connectivity index (χ1n) is 6.01. The van der Waals surface area contributed by atoms with Gasteiger partial charge in [0.25, 0.3) is 5.91 Å². The molecule has 0 spiro atoms. The lowest BCUT2D eigenvalue weighted by atomic mass is 10.2. The Labute approximate surface area is 120 Å². The van der Waals surface area contributed by atoms with Gasteiger partial charge in [0.15, 0.2) is 0 Å². The summed E-state index contributed by atoms with van der Waals surface area (Å²) in [4.78, 5) is 15.8. The van der Waals surface area contributed by atoms with Gasteiger partial charge in [-0.15, -0.1) is 0 Å². The van der Waals surface area contributed by atoms with Gasteiger partial charge < -0.3 is 11.1 Å². The van der Waals surface area contributed by atoms with Gasteiger partial charge in [-0.05, 0) is 18.2 Å². The van der Waals surface area contributed by atoms with Gasteiger partial charge in [0.05, 0.1) is 12.1 Å². The van der Waals surface area contributed by atoms with E-state index in [2.05, 4.69) is 22.1 Å². The van der Waals surface area contributed by atoms with Crippen LogP contribution in [0, 0.1) is 23.5 Å². The molecule has 0 aliphatic rings. The summed E-state index contributed by atoms with van der Waals surface area (Å²) in [5, 5.41) is 2.18. The number of benzene rings is 1. The topological polar surface area (TPSA) is 68.0 Å². The quantitative estimate of drug-likeness (QED) is 0.829. The van der Waals surface area contributed by atoms with Crippen molar-refractivity contribution < 1.29 is 13.6 Å². The van der Waals surface area contributed by atoms with E-state index in [1.807, 2.05) is 0 Å². The molecule has 0 radical (unpaired) electrons. The summed E-state index contributed by atoms with van der Waals surface area (Å²) in [7, 11) is 0. The molecule has 1 amide bonds. The third-order valence-corrected chi connectivity index (χ3v) is 2.54. The number of halogens is 2. The van der Waals surface area contributed by atoms with Crippen LogP contribution in [0.3, 0.4) is 0 Å². The lowest BCUT2D eigenvalue weighted by Gasteiger charge is -2.07. The zero-order chi connectivity index (χ0) is 15.2. The van der Waals surface area contributed by atoms with E-state index in [1.165, 1.54) is 24.5 Å². The van der Waals surface area contributed by atoms with E-state index in [-0.39, 0.29) is 12.1 Å². The predicted octanol–water partition coefficient (Wildman–Crippen LogP) is 1.92. The van der Waals surface area contributed by atoms with Crippen LogP contribution in [-0.2, 0) is 0 Å². The van der Waals surface area contributed by atoms with E-state index in [0.29, 0.717) is 5.56 Å². The number of nitrogens with zero attached hydrogens (tertiary/aromatic N) is 1. The number of nitrogens with one attached hydrogen (secondary N) is 1. The molecule has 0 fully saturated rings. The Bertz CT molecular complexity index is 715. The number of anilines is 1. The maximum Gasteiger partial charge on any atom is 0.257 e. The summed E-state index contributed by atoms with van der Waals surface area (Å²) >= 11 is 0. The number of carbonyl (C=O) groups is 1. The molecule has 3 N–H and O–H groups in total. The molecule has 0 unspecified atom stereocenters. The van der Waals surface area contributed by atoms with E-state index in [1.54, 1.807) is 0 Å². The van der Waals surface area contributed by atoms with Gasteiger partial charge in [-0.3, -0.25) is 9.78 Å². The number of aromatic nitrogens is 1. The number of hydrogen-bond acceptors (Lipinski definition) is 3. The Morgan fingerprint density at radius 2 is 2.00 bits per heavy atom. The van der Waals surface area contributed by atoms with Crippen LogP contribution in [0.1, 0.15) is 15.9 Å². The molecule has 4 nitrogen and oxygen atoms in total. The molecule has 0 aliphatic heterocycles. The fourth-order valence-electron chi connectivity index (χ4n) is 1.59. The molecule has 1 aromatic carbocycles. The maximum absolute atomic E-state index is 13.5. The number of pyridine rings is 1. The molecule has 0 saturated heterocycles. The van der Waals surface area contributed by atoms with Gasteiger partial charge >= 0.3 is 0 Å². The van der Waals surface area contributed by atoms with Crippen LogP contribution in [0.25, 0.3) is 0 Å². The van der Waals surface area contributed by atoms with Gasteiger partial charge in [-0.2, -0.15) is 0 Å². The second-order valence-electron chi connectivity index (χ2n) is 4.02. The average molecular weight is 287 g/mol. The Morgan fingerprint density at radius 3 is 2.67 bits per heavy atom. The predicted molar refractivity (Wildman–Crippen MR) is 74.5 cm³/mol. The minimum Gasteiger partial charge on any atom is -0.320 e. The third kappa shape index (κ3) is 3.61. The van der Waals surface area contributed by atoms with E-state index in [9.17, 15) is 13.6 Å². The normalized spacial score (nSPS) is 9.67. The fraction of sp³-hybridized carbons (Fsp3) is 0.0667. The van der Waals surface area contributed by atoms with Crippen LogP contribution in [0.4, 0.5) is 14.5 Å². The van der Waals surface area contributed by atoms with Crippen molar-refractivity contribution >= 4 is 11.6 Å². The number of rotatable bonds is 2.